The lowest BCUT2D eigenvalue weighted by Crippen LogP contribution is -2.42. The van der Waals surface area contributed by atoms with Crippen LogP contribution in [0.5, 0.6) is 17.2 Å². The Morgan fingerprint density at radius 1 is 1.12 bits per heavy atom. The number of hydrogen-bond donors (Lipinski definition) is 3. The summed E-state index contributed by atoms with van der Waals surface area (Å²) in [5, 5.41) is 5.42. The number of nitrogens with zero attached hydrogens (tertiary/aromatic N) is 2. The van der Waals surface area contributed by atoms with Gasteiger partial charge in [0.25, 0.3) is 5.56 Å². The van der Waals surface area contributed by atoms with Crippen LogP contribution in [0.2, 0.25) is 0 Å². The summed E-state index contributed by atoms with van der Waals surface area (Å²) in [6, 6.07) is 3.37. The number of nitrogens with one attached hydrogen (secondary N) is 3. The number of rotatable bonds is 6. The van der Waals surface area contributed by atoms with E-state index in [0.717, 1.165) is 25.8 Å². The van der Waals surface area contributed by atoms with Gasteiger partial charge >= 0.3 is 0 Å². The monoisotopic (exact) mass is 471 g/mol. The molecule has 0 radical (unpaired) electrons. The largest absolute Gasteiger partial charge is 0.493 e. The normalized spacial score (nSPS) is 19.6. The van der Waals surface area contributed by atoms with Crippen LogP contribution in [-0.4, -0.2) is 55.7 Å². The van der Waals surface area contributed by atoms with E-state index in [-0.39, 0.29) is 29.8 Å². The first kappa shape index (κ1) is 23.4. The first-order valence-corrected chi connectivity index (χ1v) is 11.2. The van der Waals surface area contributed by atoms with E-state index in [0.29, 0.717) is 28.9 Å². The Balaban J connectivity index is 1.66. The lowest BCUT2D eigenvalue weighted by Gasteiger charge is -2.34. The van der Waals surface area contributed by atoms with Gasteiger partial charge in [-0.3, -0.25) is 19.4 Å². The molecule has 2 amide bonds. The van der Waals surface area contributed by atoms with E-state index in [4.69, 9.17) is 14.2 Å². The Hall–Kier alpha value is -3.76. The third kappa shape index (κ3) is 4.37. The summed E-state index contributed by atoms with van der Waals surface area (Å²) in [7, 11) is 4.42. The first-order chi connectivity index (χ1) is 16.4. The van der Waals surface area contributed by atoms with Crippen LogP contribution in [-0.2, 0) is 9.59 Å². The maximum absolute atomic E-state index is 13.2. The van der Waals surface area contributed by atoms with E-state index in [9.17, 15) is 14.4 Å². The molecule has 1 aromatic heterocycles. The zero-order valence-electron chi connectivity index (χ0n) is 19.7. The van der Waals surface area contributed by atoms with E-state index in [1.54, 1.807) is 12.1 Å². The minimum Gasteiger partial charge on any atom is -0.493 e. The van der Waals surface area contributed by atoms with Gasteiger partial charge in [0.15, 0.2) is 11.5 Å². The lowest BCUT2D eigenvalue weighted by molar-refractivity contribution is -0.123. The molecule has 2 aromatic rings. The van der Waals surface area contributed by atoms with E-state index in [2.05, 4.69) is 27.5 Å². The number of amides is 2. The summed E-state index contributed by atoms with van der Waals surface area (Å²) in [5.41, 5.74) is 0.0657. The van der Waals surface area contributed by atoms with Crippen LogP contribution in [0, 0.1) is 0 Å². The number of piperidine rings is 1. The Morgan fingerprint density at radius 3 is 2.44 bits per heavy atom. The highest BCUT2D eigenvalue weighted by molar-refractivity contribution is 6.04. The van der Waals surface area contributed by atoms with Crippen molar-refractivity contribution >= 4 is 29.3 Å². The molecule has 2 atom stereocenters. The number of ether oxygens (including phenoxy) is 3. The molecule has 11 heteroatoms. The maximum Gasteiger partial charge on any atom is 0.258 e. The van der Waals surface area contributed by atoms with Gasteiger partial charge < -0.3 is 29.7 Å². The molecule has 0 bridgehead atoms. The second-order valence-corrected chi connectivity index (χ2v) is 8.40. The third-order valence-corrected chi connectivity index (χ3v) is 6.26. The highest BCUT2D eigenvalue weighted by Gasteiger charge is 2.36. The van der Waals surface area contributed by atoms with Gasteiger partial charge in [0.1, 0.15) is 5.82 Å². The van der Waals surface area contributed by atoms with Gasteiger partial charge in [-0.05, 0) is 26.2 Å². The zero-order valence-corrected chi connectivity index (χ0v) is 19.7. The van der Waals surface area contributed by atoms with Crippen molar-refractivity contribution in [2.24, 2.45) is 0 Å². The minimum atomic E-state index is -1.01. The maximum atomic E-state index is 13.2. The van der Waals surface area contributed by atoms with Crippen molar-refractivity contribution in [3.8, 4) is 17.2 Å². The minimum absolute atomic E-state index is 0.123. The molecule has 0 aliphatic carbocycles. The summed E-state index contributed by atoms with van der Waals surface area (Å²) < 4.78 is 16.0. The van der Waals surface area contributed by atoms with E-state index < -0.39 is 17.4 Å². The number of H-pyrrole nitrogens is 1. The molecule has 0 saturated carbocycles. The zero-order chi connectivity index (χ0) is 24.4. The Labute approximate surface area is 196 Å². The summed E-state index contributed by atoms with van der Waals surface area (Å²) in [4.78, 5) is 48.1. The highest BCUT2D eigenvalue weighted by Crippen LogP contribution is 2.40. The van der Waals surface area contributed by atoms with Crippen molar-refractivity contribution in [3.05, 3.63) is 28.0 Å². The second kappa shape index (κ2) is 9.62. The molecule has 182 valence electrons. The summed E-state index contributed by atoms with van der Waals surface area (Å²) >= 11 is 0. The molecule has 1 fully saturated rings. The lowest BCUT2D eigenvalue weighted by atomic mass is 9.92. The summed E-state index contributed by atoms with van der Waals surface area (Å²) in [6.45, 7) is 2.84. The van der Waals surface area contributed by atoms with Crippen LogP contribution < -0.4 is 35.3 Å². The summed E-state index contributed by atoms with van der Waals surface area (Å²) in [5.74, 6) is -0.278. The highest BCUT2D eigenvalue weighted by atomic mass is 16.5. The number of anilines is 3. The third-order valence-electron chi connectivity index (χ3n) is 6.26. The van der Waals surface area contributed by atoms with E-state index in [1.807, 2.05) is 4.90 Å². The van der Waals surface area contributed by atoms with Crippen LogP contribution in [0.25, 0.3) is 0 Å². The molecule has 11 nitrogen and oxygen atoms in total. The topological polar surface area (TPSA) is 135 Å². The molecular weight excluding hydrogens is 442 g/mol. The molecule has 2 aliphatic rings. The SMILES string of the molecule is COc1cc(NC(=O)[C@@H]2CC(=O)Nc3nc(N4CCCC[C@@H]4C)[nH]c(=O)c32)cc(OC)c1OC. The van der Waals surface area contributed by atoms with Gasteiger partial charge in [0.2, 0.25) is 23.5 Å². The molecule has 3 heterocycles. The Bertz CT molecular complexity index is 1140. The number of hydrogen-bond acceptors (Lipinski definition) is 8. The fourth-order valence-electron chi connectivity index (χ4n) is 4.51. The van der Waals surface area contributed by atoms with Crippen molar-refractivity contribution in [3.63, 3.8) is 0 Å². The van der Waals surface area contributed by atoms with E-state index in [1.165, 1.54) is 21.3 Å². The van der Waals surface area contributed by atoms with Crippen LogP contribution in [0.3, 0.4) is 0 Å². The van der Waals surface area contributed by atoms with Crippen molar-refractivity contribution in [2.45, 2.75) is 44.6 Å². The van der Waals surface area contributed by atoms with Gasteiger partial charge in [-0.1, -0.05) is 0 Å². The fourth-order valence-corrected chi connectivity index (χ4v) is 4.51. The average Bonchev–Trinajstić information content (AvgIpc) is 2.82. The van der Waals surface area contributed by atoms with Crippen LogP contribution >= 0.6 is 0 Å². The standard InChI is InChI=1S/C23H29N5O6/c1-12-7-5-6-8-28(12)23-26-20-18(22(31)27-23)14(11-17(29)25-20)21(30)24-13-9-15(32-2)19(34-4)16(10-13)33-3/h9-10,12,14H,5-8,11H2,1-4H3,(H,24,30)(H2,25,26,27,29,31)/t12-,14+/m0/s1. The molecule has 2 aliphatic heterocycles. The van der Waals surface area contributed by atoms with Gasteiger partial charge in [-0.15, -0.1) is 0 Å². The average molecular weight is 472 g/mol. The number of methoxy groups -OCH3 is 3. The Morgan fingerprint density at radius 2 is 1.82 bits per heavy atom. The molecule has 0 unspecified atom stereocenters. The van der Waals surface area contributed by atoms with Crippen LogP contribution in [0.1, 0.15) is 44.1 Å². The van der Waals surface area contributed by atoms with Crippen LogP contribution in [0.15, 0.2) is 16.9 Å². The molecule has 1 saturated heterocycles. The second-order valence-electron chi connectivity index (χ2n) is 8.40. The summed E-state index contributed by atoms with van der Waals surface area (Å²) in [6.07, 6.45) is 2.94. The van der Waals surface area contributed by atoms with Gasteiger partial charge in [0, 0.05) is 36.8 Å². The first-order valence-electron chi connectivity index (χ1n) is 11.2. The smallest absolute Gasteiger partial charge is 0.258 e. The number of carbonyl (C=O) groups excluding carboxylic acids is 2. The number of carbonyl (C=O) groups is 2. The quantitative estimate of drug-likeness (QED) is 0.584. The van der Waals surface area contributed by atoms with Crippen molar-refractivity contribution in [1.29, 1.82) is 0 Å². The van der Waals surface area contributed by atoms with Gasteiger partial charge in [0.05, 0.1) is 32.8 Å². The van der Waals surface area contributed by atoms with Crippen molar-refractivity contribution in [2.75, 3.05) is 43.4 Å². The Kier molecular flexibility index (Phi) is 6.62. The van der Waals surface area contributed by atoms with Crippen molar-refractivity contribution < 1.29 is 23.8 Å². The number of fused-ring (bicyclic) bond motifs is 1. The molecule has 4 rings (SSSR count). The molecule has 0 spiro atoms. The fraction of sp³-hybridized carbons (Fsp3) is 0.478. The van der Waals surface area contributed by atoms with Gasteiger partial charge in [-0.25, -0.2) is 0 Å². The van der Waals surface area contributed by atoms with E-state index >= 15 is 0 Å². The predicted molar refractivity (Wildman–Crippen MR) is 126 cm³/mol. The predicted octanol–water partition coefficient (Wildman–Crippen LogP) is 2.24. The number of aromatic nitrogens is 2. The number of benzene rings is 1. The number of aromatic amines is 1. The molecular formula is C23H29N5O6. The molecule has 1 aromatic carbocycles. The van der Waals surface area contributed by atoms with Gasteiger partial charge in [-0.2, -0.15) is 4.98 Å². The molecule has 3 N–H and O–H groups in total. The van der Waals surface area contributed by atoms with Crippen LogP contribution in [0.4, 0.5) is 17.5 Å². The van der Waals surface area contributed by atoms with Crippen molar-refractivity contribution in [1.82, 2.24) is 9.97 Å². The molecule has 34 heavy (non-hydrogen) atoms.